The van der Waals surface area contributed by atoms with Gasteiger partial charge >= 0.3 is 0 Å². The van der Waals surface area contributed by atoms with Crippen LogP contribution in [0.25, 0.3) is 5.52 Å². The number of fused-ring (bicyclic) bond motifs is 1. The van der Waals surface area contributed by atoms with Gasteiger partial charge in [-0.05, 0) is 51.7 Å². The fourth-order valence-electron chi connectivity index (χ4n) is 4.15. The lowest BCUT2D eigenvalue weighted by atomic mass is 9.95. The molecule has 160 valence electrons. The van der Waals surface area contributed by atoms with Crippen molar-refractivity contribution in [1.29, 1.82) is 0 Å². The number of nitrogens with zero attached hydrogens (tertiary/aromatic N) is 4. The first-order valence-electron chi connectivity index (χ1n) is 10.7. The quantitative estimate of drug-likeness (QED) is 0.604. The molecule has 3 rings (SSSR count). The summed E-state index contributed by atoms with van der Waals surface area (Å²) in [5, 5.41) is 8.07. The van der Waals surface area contributed by atoms with E-state index in [4.69, 9.17) is 0 Å². The third-order valence-corrected chi connectivity index (χ3v) is 6.05. The number of hydrogen-bond acceptors (Lipinski definition) is 3. The minimum atomic E-state index is 0.475. The van der Waals surface area contributed by atoms with E-state index in [0.717, 1.165) is 41.9 Å². The van der Waals surface area contributed by atoms with Crippen molar-refractivity contribution in [2.75, 3.05) is 32.1 Å². The second-order valence-corrected chi connectivity index (χ2v) is 7.91. The SMILES string of the molecule is CCC[N+](CC)(CC)Cc1ccn2ncnc(NC3=CC(C)=CCC3C)c12.CF. The molecule has 1 aliphatic carbocycles. The van der Waals surface area contributed by atoms with Crippen molar-refractivity contribution >= 4 is 11.3 Å². The maximum atomic E-state index is 9.50. The normalized spacial score (nSPS) is 16.7. The molecule has 5 nitrogen and oxygen atoms in total. The number of allylic oxidation sites excluding steroid dienone is 4. The highest BCUT2D eigenvalue weighted by atomic mass is 19.1. The smallest absolute Gasteiger partial charge is 0.158 e. The predicted molar refractivity (Wildman–Crippen MR) is 119 cm³/mol. The van der Waals surface area contributed by atoms with Gasteiger partial charge in [0.05, 0.1) is 26.8 Å². The minimum absolute atomic E-state index is 0.475. The number of aromatic nitrogens is 3. The van der Waals surface area contributed by atoms with Gasteiger partial charge in [-0.25, -0.2) is 9.50 Å². The molecule has 1 unspecified atom stereocenters. The summed E-state index contributed by atoms with van der Waals surface area (Å²) in [6.45, 7) is 15.8. The van der Waals surface area contributed by atoms with E-state index in [-0.39, 0.29) is 0 Å². The van der Waals surface area contributed by atoms with Gasteiger partial charge in [0.1, 0.15) is 18.4 Å². The number of rotatable bonds is 8. The summed E-state index contributed by atoms with van der Waals surface area (Å²) in [4.78, 5) is 4.61. The van der Waals surface area contributed by atoms with Crippen molar-refractivity contribution in [1.82, 2.24) is 14.6 Å². The molecule has 0 spiro atoms. The van der Waals surface area contributed by atoms with E-state index >= 15 is 0 Å². The second kappa shape index (κ2) is 10.5. The molecule has 0 aromatic carbocycles. The van der Waals surface area contributed by atoms with Gasteiger partial charge in [0.2, 0.25) is 0 Å². The monoisotopic (exact) mass is 402 g/mol. The Morgan fingerprint density at radius 2 is 1.97 bits per heavy atom. The maximum Gasteiger partial charge on any atom is 0.158 e. The second-order valence-electron chi connectivity index (χ2n) is 7.91. The number of halogens is 1. The molecular formula is C23H37FN5+. The number of alkyl halides is 1. The first kappa shape index (κ1) is 23.1. The van der Waals surface area contributed by atoms with Gasteiger partial charge in [-0.15, -0.1) is 0 Å². The highest BCUT2D eigenvalue weighted by Gasteiger charge is 2.25. The summed E-state index contributed by atoms with van der Waals surface area (Å²) in [5.74, 6) is 1.39. The Kier molecular flexibility index (Phi) is 8.38. The van der Waals surface area contributed by atoms with Crippen molar-refractivity contribution in [2.24, 2.45) is 5.92 Å². The molecule has 2 aromatic rings. The van der Waals surface area contributed by atoms with Crippen LogP contribution in [-0.2, 0) is 6.54 Å². The van der Waals surface area contributed by atoms with Gasteiger partial charge in [-0.2, -0.15) is 5.10 Å². The van der Waals surface area contributed by atoms with Gasteiger partial charge in [0.25, 0.3) is 0 Å². The molecule has 0 aliphatic heterocycles. The van der Waals surface area contributed by atoms with Crippen LogP contribution >= 0.6 is 0 Å². The van der Waals surface area contributed by atoms with Crippen LogP contribution in [0.2, 0.25) is 0 Å². The van der Waals surface area contributed by atoms with Crippen molar-refractivity contribution in [3.8, 4) is 0 Å². The Morgan fingerprint density at radius 1 is 1.24 bits per heavy atom. The van der Waals surface area contributed by atoms with Crippen LogP contribution < -0.4 is 5.32 Å². The Balaban J connectivity index is 0.00000145. The Labute approximate surface area is 174 Å². The van der Waals surface area contributed by atoms with Gasteiger partial charge < -0.3 is 9.80 Å². The molecule has 1 atom stereocenters. The standard InChI is InChI=1S/C22H34N5.CH3F/c1-6-13-27(7-2,8-3)15-19-11-12-26-21(19)22(23-16-24-26)25-20-14-17(4)9-10-18(20)5;1-2/h9,11-12,14,16,18H,6-8,10,13,15H2,1-5H3,(H,23,24,25);1H3/q+1;. The third kappa shape index (κ3) is 5.24. The Morgan fingerprint density at radius 3 is 2.62 bits per heavy atom. The topological polar surface area (TPSA) is 42.2 Å². The molecule has 0 fully saturated rings. The molecule has 0 amide bonds. The summed E-state index contributed by atoms with van der Waals surface area (Å²) in [6.07, 6.45) is 10.5. The van der Waals surface area contributed by atoms with Crippen LogP contribution in [0.5, 0.6) is 0 Å². The number of anilines is 1. The van der Waals surface area contributed by atoms with E-state index in [1.807, 2.05) is 4.52 Å². The van der Waals surface area contributed by atoms with E-state index in [0.29, 0.717) is 13.1 Å². The maximum absolute atomic E-state index is 9.50. The van der Waals surface area contributed by atoms with Crippen molar-refractivity contribution in [3.63, 3.8) is 0 Å². The summed E-state index contributed by atoms with van der Waals surface area (Å²) >= 11 is 0. The van der Waals surface area contributed by atoms with E-state index in [1.165, 1.54) is 29.8 Å². The number of quaternary nitrogens is 1. The molecule has 1 N–H and O–H groups in total. The Hall–Kier alpha value is -2.21. The molecular weight excluding hydrogens is 365 g/mol. The average molecular weight is 403 g/mol. The summed E-state index contributed by atoms with van der Waals surface area (Å²) in [6, 6.07) is 2.22. The number of nitrogens with one attached hydrogen (secondary N) is 1. The van der Waals surface area contributed by atoms with Crippen molar-refractivity contribution in [3.05, 3.63) is 47.6 Å². The first-order chi connectivity index (χ1) is 14.0. The zero-order valence-electron chi connectivity index (χ0n) is 18.9. The van der Waals surface area contributed by atoms with E-state index in [9.17, 15) is 4.39 Å². The summed E-state index contributed by atoms with van der Waals surface area (Å²) < 4.78 is 12.6. The van der Waals surface area contributed by atoms with E-state index in [1.54, 1.807) is 6.33 Å². The van der Waals surface area contributed by atoms with Gasteiger partial charge in [-0.1, -0.05) is 25.5 Å². The van der Waals surface area contributed by atoms with Crippen LogP contribution in [0.4, 0.5) is 10.2 Å². The highest BCUT2D eigenvalue weighted by Crippen LogP contribution is 2.29. The van der Waals surface area contributed by atoms with Crippen LogP contribution in [0, 0.1) is 5.92 Å². The lowest BCUT2D eigenvalue weighted by Gasteiger charge is -2.36. The fourth-order valence-corrected chi connectivity index (χ4v) is 4.15. The molecule has 2 heterocycles. The Bertz CT molecular complexity index is 848. The molecule has 2 aromatic heterocycles. The van der Waals surface area contributed by atoms with E-state index in [2.05, 4.69) is 74.4 Å². The molecule has 0 saturated carbocycles. The molecule has 0 bridgehead atoms. The fraction of sp³-hybridized carbons (Fsp3) is 0.565. The first-order valence-corrected chi connectivity index (χ1v) is 10.7. The van der Waals surface area contributed by atoms with E-state index < -0.39 is 0 Å². The van der Waals surface area contributed by atoms with Crippen LogP contribution in [-0.4, -0.2) is 45.9 Å². The molecule has 1 aliphatic rings. The van der Waals surface area contributed by atoms with Crippen molar-refractivity contribution < 1.29 is 8.87 Å². The largest absolute Gasteiger partial charge is 0.342 e. The summed E-state index contributed by atoms with van der Waals surface area (Å²) in [5.41, 5.74) is 4.99. The predicted octanol–water partition coefficient (Wildman–Crippen LogP) is 5.36. The van der Waals surface area contributed by atoms with Gasteiger partial charge in [0, 0.05) is 17.5 Å². The lowest BCUT2D eigenvalue weighted by molar-refractivity contribution is -0.937. The third-order valence-electron chi connectivity index (χ3n) is 6.05. The molecule has 0 saturated heterocycles. The lowest BCUT2D eigenvalue weighted by Crippen LogP contribution is -2.47. The van der Waals surface area contributed by atoms with Gasteiger partial charge in [-0.3, -0.25) is 4.39 Å². The molecule has 29 heavy (non-hydrogen) atoms. The van der Waals surface area contributed by atoms with Gasteiger partial charge in [0.15, 0.2) is 5.82 Å². The van der Waals surface area contributed by atoms with Crippen LogP contribution in [0.3, 0.4) is 0 Å². The molecule has 6 heteroatoms. The summed E-state index contributed by atoms with van der Waals surface area (Å²) in [7, 11) is 0.500. The zero-order valence-corrected chi connectivity index (χ0v) is 18.9. The molecule has 0 radical (unpaired) electrons. The highest BCUT2D eigenvalue weighted by molar-refractivity contribution is 5.73. The van der Waals surface area contributed by atoms with Crippen molar-refractivity contribution in [2.45, 2.75) is 54.0 Å². The average Bonchev–Trinajstić information content (AvgIpc) is 3.15. The number of hydrogen-bond donors (Lipinski definition) is 1. The zero-order chi connectivity index (χ0) is 21.4. The van der Waals surface area contributed by atoms with Crippen LogP contribution in [0.1, 0.15) is 53.0 Å². The minimum Gasteiger partial charge on any atom is -0.342 e. The van der Waals surface area contributed by atoms with Crippen LogP contribution in [0.15, 0.2) is 42.0 Å².